The van der Waals surface area contributed by atoms with Crippen molar-refractivity contribution >= 4 is 29.2 Å². The second-order valence-corrected chi connectivity index (χ2v) is 8.01. The Morgan fingerprint density at radius 1 is 1.00 bits per heavy atom. The van der Waals surface area contributed by atoms with E-state index >= 15 is 0 Å². The molecule has 1 saturated carbocycles. The van der Waals surface area contributed by atoms with Gasteiger partial charge in [0.1, 0.15) is 5.82 Å². The topological polar surface area (TPSA) is 52.7 Å². The molecular formula is C22H23ClFN3O2. The lowest BCUT2D eigenvalue weighted by molar-refractivity contribution is -0.132. The first-order valence-corrected chi connectivity index (χ1v) is 10.3. The van der Waals surface area contributed by atoms with Gasteiger partial charge in [-0.3, -0.25) is 4.79 Å². The molecule has 4 rings (SSSR count). The van der Waals surface area contributed by atoms with Gasteiger partial charge >= 0.3 is 6.03 Å². The SMILES string of the molecule is O=C(Nc1cccc(Cl)c1)N1CCCN(C(=O)C2CC2c2ccccc2F)CC1. The molecule has 2 aromatic carbocycles. The molecule has 0 radical (unpaired) electrons. The minimum atomic E-state index is -0.243. The third-order valence-corrected chi connectivity index (χ3v) is 5.82. The Hall–Kier alpha value is -2.60. The minimum absolute atomic E-state index is 0.0332. The summed E-state index contributed by atoms with van der Waals surface area (Å²) in [6, 6.07) is 13.5. The number of hydrogen-bond donors (Lipinski definition) is 1. The number of nitrogens with one attached hydrogen (secondary N) is 1. The lowest BCUT2D eigenvalue weighted by atomic mass is 10.1. The number of carbonyl (C=O) groups excluding carboxylic acids is 2. The van der Waals surface area contributed by atoms with Crippen LogP contribution in [0.1, 0.15) is 24.3 Å². The summed E-state index contributed by atoms with van der Waals surface area (Å²) in [5.41, 5.74) is 1.27. The Balaban J connectivity index is 1.32. The molecule has 1 aliphatic carbocycles. The maximum atomic E-state index is 14.0. The highest BCUT2D eigenvalue weighted by Crippen LogP contribution is 2.49. The number of rotatable bonds is 3. The summed E-state index contributed by atoms with van der Waals surface area (Å²) in [6.45, 7) is 2.15. The van der Waals surface area contributed by atoms with Crippen molar-refractivity contribution in [3.63, 3.8) is 0 Å². The van der Waals surface area contributed by atoms with Crippen molar-refractivity contribution in [2.75, 3.05) is 31.5 Å². The summed E-state index contributed by atoms with van der Waals surface area (Å²) in [5, 5.41) is 3.41. The number of carbonyl (C=O) groups is 2. The van der Waals surface area contributed by atoms with E-state index in [2.05, 4.69) is 5.32 Å². The van der Waals surface area contributed by atoms with Crippen molar-refractivity contribution in [2.24, 2.45) is 5.92 Å². The van der Waals surface area contributed by atoms with Crippen molar-refractivity contribution in [2.45, 2.75) is 18.8 Å². The molecule has 2 aromatic rings. The second-order valence-electron chi connectivity index (χ2n) is 7.58. The van der Waals surface area contributed by atoms with Crippen LogP contribution in [0.15, 0.2) is 48.5 Å². The fourth-order valence-electron chi connectivity index (χ4n) is 3.93. The standard InChI is InChI=1S/C22H23ClFN3O2/c23-15-5-3-6-16(13-15)25-22(29)27-10-4-9-26(11-12-27)21(28)19-14-18(19)17-7-1-2-8-20(17)24/h1-3,5-8,13,18-19H,4,9-12,14H2,(H,25,29). The molecule has 1 saturated heterocycles. The Kier molecular flexibility index (Phi) is 5.72. The third-order valence-electron chi connectivity index (χ3n) is 5.58. The van der Waals surface area contributed by atoms with Crippen LogP contribution in [0.4, 0.5) is 14.9 Å². The fourth-order valence-corrected chi connectivity index (χ4v) is 4.12. The Labute approximate surface area is 174 Å². The monoisotopic (exact) mass is 415 g/mol. The van der Waals surface area contributed by atoms with Crippen LogP contribution in [0.5, 0.6) is 0 Å². The number of urea groups is 1. The Morgan fingerprint density at radius 3 is 2.55 bits per heavy atom. The summed E-state index contributed by atoms with van der Waals surface area (Å²) < 4.78 is 14.0. The van der Waals surface area contributed by atoms with Crippen LogP contribution < -0.4 is 5.32 Å². The van der Waals surface area contributed by atoms with Gasteiger partial charge in [0.25, 0.3) is 0 Å². The van der Waals surface area contributed by atoms with E-state index in [4.69, 9.17) is 11.6 Å². The third kappa shape index (κ3) is 4.53. The zero-order chi connectivity index (χ0) is 20.4. The molecule has 29 heavy (non-hydrogen) atoms. The highest BCUT2D eigenvalue weighted by molar-refractivity contribution is 6.30. The zero-order valence-corrected chi connectivity index (χ0v) is 16.7. The molecule has 0 bridgehead atoms. The smallest absolute Gasteiger partial charge is 0.321 e. The van der Waals surface area contributed by atoms with Crippen molar-refractivity contribution in [3.8, 4) is 0 Å². The molecule has 3 amide bonds. The van der Waals surface area contributed by atoms with Gasteiger partial charge in [-0.15, -0.1) is 0 Å². The molecule has 152 valence electrons. The van der Waals surface area contributed by atoms with Gasteiger partial charge in [0.05, 0.1) is 0 Å². The van der Waals surface area contributed by atoms with Crippen LogP contribution in [0.25, 0.3) is 0 Å². The molecule has 0 spiro atoms. The van der Waals surface area contributed by atoms with Crippen molar-refractivity contribution in [1.29, 1.82) is 0 Å². The summed E-state index contributed by atoms with van der Waals surface area (Å²) >= 11 is 5.96. The van der Waals surface area contributed by atoms with Crippen LogP contribution in [0.2, 0.25) is 5.02 Å². The summed E-state index contributed by atoms with van der Waals surface area (Å²) in [6.07, 6.45) is 1.40. The summed E-state index contributed by atoms with van der Waals surface area (Å²) in [5.74, 6) is -0.365. The second kappa shape index (κ2) is 8.41. The average Bonchev–Trinajstić information content (AvgIpc) is 3.51. The highest BCUT2D eigenvalue weighted by atomic mass is 35.5. The molecule has 0 aromatic heterocycles. The number of hydrogen-bond acceptors (Lipinski definition) is 2. The number of amides is 3. The van der Waals surface area contributed by atoms with E-state index in [0.29, 0.717) is 55.3 Å². The normalized spacial score (nSPS) is 21.4. The van der Waals surface area contributed by atoms with Gasteiger partial charge in [-0.25, -0.2) is 9.18 Å². The Bertz CT molecular complexity index is 922. The van der Waals surface area contributed by atoms with Gasteiger partial charge in [-0.1, -0.05) is 35.9 Å². The highest BCUT2D eigenvalue weighted by Gasteiger charge is 2.46. The molecule has 2 aliphatic rings. The molecule has 7 heteroatoms. The number of benzene rings is 2. The van der Waals surface area contributed by atoms with E-state index in [9.17, 15) is 14.0 Å². The van der Waals surface area contributed by atoms with Crippen molar-refractivity contribution in [3.05, 3.63) is 64.9 Å². The maximum absolute atomic E-state index is 14.0. The molecule has 5 nitrogen and oxygen atoms in total. The van der Waals surface area contributed by atoms with Gasteiger partial charge in [0, 0.05) is 42.8 Å². The zero-order valence-electron chi connectivity index (χ0n) is 16.0. The predicted octanol–water partition coefficient (Wildman–Crippen LogP) is 4.35. The number of nitrogens with zero attached hydrogens (tertiary/aromatic N) is 2. The summed E-state index contributed by atoms with van der Waals surface area (Å²) in [7, 11) is 0. The van der Waals surface area contributed by atoms with Crippen molar-refractivity contribution < 1.29 is 14.0 Å². The quantitative estimate of drug-likeness (QED) is 0.810. The van der Waals surface area contributed by atoms with Crippen LogP contribution >= 0.6 is 11.6 Å². The molecule has 1 N–H and O–H groups in total. The van der Waals surface area contributed by atoms with E-state index in [-0.39, 0.29) is 29.6 Å². The first-order chi connectivity index (χ1) is 14.0. The van der Waals surface area contributed by atoms with Crippen molar-refractivity contribution in [1.82, 2.24) is 9.80 Å². The van der Waals surface area contributed by atoms with Crippen LogP contribution in [0.3, 0.4) is 0 Å². The van der Waals surface area contributed by atoms with E-state index in [1.165, 1.54) is 6.07 Å². The lowest BCUT2D eigenvalue weighted by Crippen LogP contribution is -2.39. The van der Waals surface area contributed by atoms with Gasteiger partial charge in [0.15, 0.2) is 0 Å². The van der Waals surface area contributed by atoms with Gasteiger partial charge in [-0.05, 0) is 48.6 Å². The largest absolute Gasteiger partial charge is 0.341 e. The van der Waals surface area contributed by atoms with E-state index in [1.807, 2.05) is 4.90 Å². The first kappa shape index (κ1) is 19.7. The van der Waals surface area contributed by atoms with Crippen LogP contribution in [-0.2, 0) is 4.79 Å². The Morgan fingerprint density at radius 2 is 1.76 bits per heavy atom. The van der Waals surface area contributed by atoms with Gasteiger partial charge < -0.3 is 15.1 Å². The average molecular weight is 416 g/mol. The van der Waals surface area contributed by atoms with Crippen LogP contribution in [0, 0.1) is 11.7 Å². The molecular weight excluding hydrogens is 393 g/mol. The minimum Gasteiger partial charge on any atom is -0.341 e. The molecule has 2 fully saturated rings. The van der Waals surface area contributed by atoms with Gasteiger partial charge in [-0.2, -0.15) is 0 Å². The number of halogens is 2. The molecule has 2 atom stereocenters. The van der Waals surface area contributed by atoms with Gasteiger partial charge in [0.2, 0.25) is 5.91 Å². The fraction of sp³-hybridized carbons (Fsp3) is 0.364. The first-order valence-electron chi connectivity index (χ1n) is 9.87. The lowest BCUT2D eigenvalue weighted by Gasteiger charge is -2.22. The molecule has 1 aliphatic heterocycles. The van der Waals surface area contributed by atoms with E-state index < -0.39 is 0 Å². The number of anilines is 1. The van der Waals surface area contributed by atoms with E-state index in [1.54, 1.807) is 47.4 Å². The van der Waals surface area contributed by atoms with Crippen LogP contribution in [-0.4, -0.2) is 47.9 Å². The summed E-state index contributed by atoms with van der Waals surface area (Å²) in [4.78, 5) is 29.0. The van der Waals surface area contributed by atoms with E-state index in [0.717, 1.165) is 0 Å². The molecule has 2 unspecified atom stereocenters. The molecule has 1 heterocycles. The predicted molar refractivity (Wildman–Crippen MR) is 110 cm³/mol. The maximum Gasteiger partial charge on any atom is 0.321 e.